The third kappa shape index (κ3) is 3.63. The second-order valence-corrected chi connectivity index (χ2v) is 6.77. The van der Waals surface area contributed by atoms with Crippen LogP contribution in [0.2, 0.25) is 0 Å². The summed E-state index contributed by atoms with van der Waals surface area (Å²) in [5, 5.41) is 2.87. The summed E-state index contributed by atoms with van der Waals surface area (Å²) in [4.78, 5) is 14.9. The lowest BCUT2D eigenvalue weighted by atomic mass is 9.98. The molecule has 1 unspecified atom stereocenters. The lowest BCUT2D eigenvalue weighted by molar-refractivity contribution is 0.180. The fourth-order valence-corrected chi connectivity index (χ4v) is 3.71. The first-order valence-electron chi connectivity index (χ1n) is 9.31. The molecule has 7 heteroatoms. The molecule has 0 aliphatic carbocycles. The van der Waals surface area contributed by atoms with Gasteiger partial charge in [-0.3, -0.25) is 0 Å². The van der Waals surface area contributed by atoms with Gasteiger partial charge in [0.05, 0.1) is 14.2 Å². The average Bonchev–Trinajstić information content (AvgIpc) is 3.23. The van der Waals surface area contributed by atoms with E-state index in [-0.39, 0.29) is 17.9 Å². The number of aromatic nitrogens is 1. The Labute approximate surface area is 168 Å². The molecule has 3 aromatic rings. The van der Waals surface area contributed by atoms with Crippen molar-refractivity contribution in [3.05, 3.63) is 77.9 Å². The summed E-state index contributed by atoms with van der Waals surface area (Å²) in [7, 11) is 3.21. The molecule has 150 valence electrons. The number of benzene rings is 2. The second kappa shape index (κ2) is 7.87. The Hall–Kier alpha value is -3.48. The molecule has 0 saturated carbocycles. The summed E-state index contributed by atoms with van der Waals surface area (Å²) >= 11 is 0. The van der Waals surface area contributed by atoms with E-state index in [2.05, 4.69) is 9.88 Å². The molecule has 0 spiro atoms. The van der Waals surface area contributed by atoms with Crippen molar-refractivity contribution in [3.8, 4) is 11.5 Å². The smallest absolute Gasteiger partial charge is 0.322 e. The predicted molar refractivity (Wildman–Crippen MR) is 108 cm³/mol. The molecular weight excluding hydrogens is 373 g/mol. The summed E-state index contributed by atoms with van der Waals surface area (Å²) in [5.74, 6) is 1.01. The van der Waals surface area contributed by atoms with Crippen molar-refractivity contribution in [2.75, 3.05) is 26.1 Å². The Balaban J connectivity index is 1.73. The van der Waals surface area contributed by atoms with Gasteiger partial charge in [0, 0.05) is 36.2 Å². The highest BCUT2D eigenvalue weighted by molar-refractivity contribution is 5.90. The zero-order chi connectivity index (χ0) is 20.4. The van der Waals surface area contributed by atoms with Gasteiger partial charge in [-0.2, -0.15) is 0 Å². The first-order chi connectivity index (χ1) is 14.1. The number of rotatable bonds is 4. The normalized spacial score (nSPS) is 15.6. The van der Waals surface area contributed by atoms with E-state index in [0.29, 0.717) is 30.3 Å². The van der Waals surface area contributed by atoms with Crippen molar-refractivity contribution < 1.29 is 18.7 Å². The molecule has 2 aromatic carbocycles. The van der Waals surface area contributed by atoms with Crippen LogP contribution >= 0.6 is 0 Å². The SMILES string of the molecule is COc1ccc(OC)c(C2c3cccn3CCN2C(=O)Nc2ccc(F)cc2)c1. The van der Waals surface area contributed by atoms with Gasteiger partial charge in [0.2, 0.25) is 0 Å². The van der Waals surface area contributed by atoms with Crippen LogP contribution in [0.3, 0.4) is 0 Å². The van der Waals surface area contributed by atoms with Gasteiger partial charge in [0.15, 0.2) is 0 Å². The Morgan fingerprint density at radius 3 is 2.59 bits per heavy atom. The molecular formula is C22H22FN3O3. The summed E-state index contributed by atoms with van der Waals surface area (Å²) in [6, 6.07) is 14.6. The number of amides is 2. The number of nitrogens with zero attached hydrogens (tertiary/aromatic N) is 2. The minimum Gasteiger partial charge on any atom is -0.497 e. The molecule has 0 radical (unpaired) electrons. The highest BCUT2D eigenvalue weighted by atomic mass is 19.1. The second-order valence-electron chi connectivity index (χ2n) is 6.77. The van der Waals surface area contributed by atoms with E-state index in [0.717, 1.165) is 11.3 Å². The lowest BCUT2D eigenvalue weighted by Crippen LogP contribution is -2.44. The van der Waals surface area contributed by atoms with E-state index in [9.17, 15) is 9.18 Å². The summed E-state index contributed by atoms with van der Waals surface area (Å²) in [5.41, 5.74) is 2.35. The van der Waals surface area contributed by atoms with Crippen molar-refractivity contribution in [2.24, 2.45) is 0 Å². The highest BCUT2D eigenvalue weighted by Crippen LogP contribution is 2.39. The number of carbonyl (C=O) groups excluding carboxylic acids is 1. The maximum Gasteiger partial charge on any atom is 0.322 e. The van der Waals surface area contributed by atoms with Gasteiger partial charge in [0.1, 0.15) is 23.4 Å². The van der Waals surface area contributed by atoms with Gasteiger partial charge < -0.3 is 24.3 Å². The summed E-state index contributed by atoms with van der Waals surface area (Å²) < 4.78 is 26.3. The standard InChI is InChI=1S/C22H22FN3O3/c1-28-17-9-10-20(29-2)18(14-17)21-19-4-3-11-25(19)12-13-26(21)22(27)24-16-7-5-15(23)6-8-16/h3-11,14,21H,12-13H2,1-2H3,(H,24,27). The largest absolute Gasteiger partial charge is 0.497 e. The van der Waals surface area contributed by atoms with Crippen LogP contribution in [0.25, 0.3) is 0 Å². The number of urea groups is 1. The Morgan fingerprint density at radius 1 is 1.07 bits per heavy atom. The van der Waals surface area contributed by atoms with Crippen molar-refractivity contribution in [1.29, 1.82) is 0 Å². The van der Waals surface area contributed by atoms with E-state index in [4.69, 9.17) is 9.47 Å². The molecule has 1 atom stereocenters. The van der Waals surface area contributed by atoms with Crippen LogP contribution in [0.5, 0.6) is 11.5 Å². The number of hydrogen-bond donors (Lipinski definition) is 1. The topological polar surface area (TPSA) is 55.7 Å². The molecule has 1 N–H and O–H groups in total. The Bertz CT molecular complexity index is 1020. The molecule has 1 aromatic heterocycles. The maximum atomic E-state index is 13.2. The number of anilines is 1. The van der Waals surface area contributed by atoms with Gasteiger partial charge in [-0.15, -0.1) is 0 Å². The van der Waals surface area contributed by atoms with E-state index < -0.39 is 0 Å². The van der Waals surface area contributed by atoms with Crippen LogP contribution in [-0.4, -0.2) is 36.3 Å². The lowest BCUT2D eigenvalue weighted by Gasteiger charge is -2.37. The van der Waals surface area contributed by atoms with Crippen molar-refractivity contribution in [1.82, 2.24) is 9.47 Å². The quantitative estimate of drug-likeness (QED) is 0.717. The monoisotopic (exact) mass is 395 g/mol. The van der Waals surface area contributed by atoms with Crippen LogP contribution in [0.4, 0.5) is 14.9 Å². The molecule has 6 nitrogen and oxygen atoms in total. The molecule has 0 fully saturated rings. The van der Waals surface area contributed by atoms with Crippen molar-refractivity contribution in [2.45, 2.75) is 12.6 Å². The van der Waals surface area contributed by atoms with Crippen molar-refractivity contribution in [3.63, 3.8) is 0 Å². The first kappa shape index (κ1) is 18.9. The van der Waals surface area contributed by atoms with Gasteiger partial charge in [-0.25, -0.2) is 9.18 Å². The third-order valence-electron chi connectivity index (χ3n) is 5.13. The zero-order valence-electron chi connectivity index (χ0n) is 16.3. The number of halogens is 1. The Kier molecular flexibility index (Phi) is 5.12. The molecule has 2 amide bonds. The van der Waals surface area contributed by atoms with Crippen LogP contribution in [0.1, 0.15) is 17.3 Å². The van der Waals surface area contributed by atoms with E-state index in [1.165, 1.54) is 12.1 Å². The van der Waals surface area contributed by atoms with Gasteiger partial charge in [0.25, 0.3) is 0 Å². The fourth-order valence-electron chi connectivity index (χ4n) is 3.71. The minimum absolute atomic E-state index is 0.265. The summed E-state index contributed by atoms with van der Waals surface area (Å²) in [6.45, 7) is 1.20. The zero-order valence-corrected chi connectivity index (χ0v) is 16.3. The molecule has 29 heavy (non-hydrogen) atoms. The van der Waals surface area contributed by atoms with E-state index >= 15 is 0 Å². The number of methoxy groups -OCH3 is 2. The van der Waals surface area contributed by atoms with E-state index in [1.54, 1.807) is 31.3 Å². The maximum absolute atomic E-state index is 13.2. The molecule has 0 saturated heterocycles. The van der Waals surface area contributed by atoms with Gasteiger partial charge in [-0.05, 0) is 54.6 Å². The fraction of sp³-hybridized carbons (Fsp3) is 0.227. The van der Waals surface area contributed by atoms with Crippen LogP contribution in [-0.2, 0) is 6.54 Å². The number of hydrogen-bond acceptors (Lipinski definition) is 3. The van der Waals surface area contributed by atoms with Gasteiger partial charge in [-0.1, -0.05) is 0 Å². The average molecular weight is 395 g/mol. The highest BCUT2D eigenvalue weighted by Gasteiger charge is 2.34. The molecule has 1 aliphatic rings. The Morgan fingerprint density at radius 2 is 1.86 bits per heavy atom. The third-order valence-corrected chi connectivity index (χ3v) is 5.13. The first-order valence-corrected chi connectivity index (χ1v) is 9.31. The van der Waals surface area contributed by atoms with Crippen LogP contribution in [0.15, 0.2) is 60.8 Å². The van der Waals surface area contributed by atoms with Gasteiger partial charge >= 0.3 is 6.03 Å². The number of ether oxygens (including phenoxy) is 2. The predicted octanol–water partition coefficient (Wildman–Crippen LogP) is 4.28. The number of carbonyl (C=O) groups is 1. The van der Waals surface area contributed by atoms with Crippen LogP contribution < -0.4 is 14.8 Å². The minimum atomic E-state index is -0.357. The molecule has 2 heterocycles. The van der Waals surface area contributed by atoms with E-state index in [1.807, 2.05) is 36.5 Å². The molecule has 1 aliphatic heterocycles. The number of fused-ring (bicyclic) bond motifs is 1. The van der Waals surface area contributed by atoms with Crippen LogP contribution in [0, 0.1) is 5.82 Å². The number of nitrogens with one attached hydrogen (secondary N) is 1. The summed E-state index contributed by atoms with van der Waals surface area (Å²) in [6.07, 6.45) is 2.00. The molecule has 0 bridgehead atoms. The molecule has 4 rings (SSSR count). The van der Waals surface area contributed by atoms with Crippen molar-refractivity contribution >= 4 is 11.7 Å².